The number of rotatable bonds is 6. The Hall–Kier alpha value is -2.20. The number of carbonyl (C=O) groups is 1. The average Bonchev–Trinajstić information content (AvgIpc) is 2.49. The van der Waals surface area contributed by atoms with Gasteiger partial charge < -0.3 is 10.1 Å². The maximum Gasteiger partial charge on any atom is 0.253 e. The van der Waals surface area contributed by atoms with Gasteiger partial charge in [-0.25, -0.2) is 0 Å². The van der Waals surface area contributed by atoms with Crippen LogP contribution in [0, 0.1) is 6.92 Å². The zero-order valence-corrected chi connectivity index (χ0v) is 12.4. The number of nitrogens with zero attached hydrogens (tertiary/aromatic N) is 1. The van der Waals surface area contributed by atoms with Crippen molar-refractivity contribution in [3.8, 4) is 0 Å². The molecule has 1 atom stereocenters. The lowest BCUT2D eigenvalue weighted by atomic mass is 10.1. The highest BCUT2D eigenvalue weighted by Crippen LogP contribution is 2.15. The Kier molecular flexibility index (Phi) is 5.46. The van der Waals surface area contributed by atoms with Gasteiger partial charge in [0.15, 0.2) is 6.10 Å². The van der Waals surface area contributed by atoms with E-state index in [1.807, 2.05) is 55.5 Å². The molecule has 1 heterocycles. The predicted molar refractivity (Wildman–Crippen MR) is 81.9 cm³/mol. The molecule has 0 unspecified atom stereocenters. The highest BCUT2D eigenvalue weighted by Gasteiger charge is 2.18. The van der Waals surface area contributed by atoms with Crippen molar-refractivity contribution < 1.29 is 9.53 Å². The third-order valence-electron chi connectivity index (χ3n) is 3.20. The number of hydrogen-bond donors (Lipinski definition) is 1. The SMILES string of the molecule is CO[C@H](C(=O)NCCc1cccc(C)n1)c1ccccc1. The molecule has 110 valence electrons. The number of hydrogen-bond acceptors (Lipinski definition) is 3. The lowest BCUT2D eigenvalue weighted by molar-refractivity contribution is -0.131. The first-order chi connectivity index (χ1) is 10.2. The molecule has 0 fully saturated rings. The van der Waals surface area contributed by atoms with E-state index >= 15 is 0 Å². The van der Waals surface area contributed by atoms with Gasteiger partial charge in [-0.3, -0.25) is 9.78 Å². The van der Waals surface area contributed by atoms with Crippen molar-refractivity contribution in [1.29, 1.82) is 0 Å². The normalized spacial score (nSPS) is 11.9. The molecule has 0 aliphatic carbocycles. The summed E-state index contributed by atoms with van der Waals surface area (Å²) in [4.78, 5) is 16.6. The molecule has 1 amide bonds. The Morgan fingerprint density at radius 3 is 2.62 bits per heavy atom. The zero-order valence-electron chi connectivity index (χ0n) is 12.4. The van der Waals surface area contributed by atoms with Gasteiger partial charge in [0.05, 0.1) is 0 Å². The number of pyridine rings is 1. The van der Waals surface area contributed by atoms with Crippen LogP contribution in [0.25, 0.3) is 0 Å². The van der Waals surface area contributed by atoms with Crippen molar-refractivity contribution in [2.75, 3.05) is 13.7 Å². The van der Waals surface area contributed by atoms with Gasteiger partial charge >= 0.3 is 0 Å². The Bertz CT molecular complexity index is 584. The molecule has 21 heavy (non-hydrogen) atoms. The van der Waals surface area contributed by atoms with Gasteiger partial charge in [0, 0.05) is 31.5 Å². The monoisotopic (exact) mass is 284 g/mol. The highest BCUT2D eigenvalue weighted by molar-refractivity contribution is 5.82. The Balaban J connectivity index is 1.89. The van der Waals surface area contributed by atoms with Gasteiger partial charge in [-0.1, -0.05) is 36.4 Å². The first kappa shape index (κ1) is 15.2. The smallest absolute Gasteiger partial charge is 0.253 e. The van der Waals surface area contributed by atoms with Crippen molar-refractivity contribution in [3.05, 3.63) is 65.5 Å². The van der Waals surface area contributed by atoms with Gasteiger partial charge in [-0.2, -0.15) is 0 Å². The number of aryl methyl sites for hydroxylation is 1. The molecule has 4 nitrogen and oxygen atoms in total. The molecule has 0 aliphatic rings. The van der Waals surface area contributed by atoms with Crippen LogP contribution in [0.15, 0.2) is 48.5 Å². The Morgan fingerprint density at radius 1 is 1.19 bits per heavy atom. The minimum absolute atomic E-state index is 0.128. The number of carbonyl (C=O) groups excluding carboxylic acids is 1. The second kappa shape index (κ2) is 7.55. The van der Waals surface area contributed by atoms with E-state index in [2.05, 4.69) is 10.3 Å². The number of benzene rings is 1. The zero-order chi connectivity index (χ0) is 15.1. The van der Waals surface area contributed by atoms with E-state index in [9.17, 15) is 4.79 Å². The van der Waals surface area contributed by atoms with E-state index in [4.69, 9.17) is 4.74 Å². The molecule has 2 aromatic rings. The Labute approximate surface area is 125 Å². The lowest BCUT2D eigenvalue weighted by Gasteiger charge is -2.15. The van der Waals surface area contributed by atoms with Crippen LogP contribution < -0.4 is 5.32 Å². The molecule has 0 saturated heterocycles. The summed E-state index contributed by atoms with van der Waals surface area (Å²) >= 11 is 0. The van der Waals surface area contributed by atoms with Crippen LogP contribution in [0.4, 0.5) is 0 Å². The minimum atomic E-state index is -0.573. The van der Waals surface area contributed by atoms with Gasteiger partial charge in [-0.05, 0) is 24.6 Å². The fraction of sp³-hybridized carbons (Fsp3) is 0.294. The van der Waals surface area contributed by atoms with Crippen molar-refractivity contribution in [3.63, 3.8) is 0 Å². The quantitative estimate of drug-likeness (QED) is 0.886. The van der Waals surface area contributed by atoms with Gasteiger partial charge in [0.25, 0.3) is 5.91 Å². The van der Waals surface area contributed by atoms with Crippen LogP contribution in [0.5, 0.6) is 0 Å². The van der Waals surface area contributed by atoms with Crippen molar-refractivity contribution in [2.45, 2.75) is 19.4 Å². The maximum atomic E-state index is 12.2. The molecule has 0 spiro atoms. The summed E-state index contributed by atoms with van der Waals surface area (Å²) in [5, 5.41) is 2.90. The van der Waals surface area contributed by atoms with Crippen molar-refractivity contribution in [1.82, 2.24) is 10.3 Å². The van der Waals surface area contributed by atoms with Crippen LogP contribution in [-0.2, 0) is 16.0 Å². The van der Waals surface area contributed by atoms with E-state index in [1.54, 1.807) is 7.11 Å². The van der Waals surface area contributed by atoms with Gasteiger partial charge in [-0.15, -0.1) is 0 Å². The molecular formula is C17H20N2O2. The standard InChI is InChI=1S/C17H20N2O2/c1-13-7-6-10-15(19-13)11-12-18-17(20)16(21-2)14-8-4-3-5-9-14/h3-10,16H,11-12H2,1-2H3,(H,18,20)/t16-/m0/s1. The van der Waals surface area contributed by atoms with Crippen LogP contribution in [-0.4, -0.2) is 24.5 Å². The van der Waals surface area contributed by atoms with Gasteiger partial charge in [0.1, 0.15) is 0 Å². The average molecular weight is 284 g/mol. The summed E-state index contributed by atoms with van der Waals surface area (Å²) in [5.41, 5.74) is 2.81. The second-order valence-corrected chi connectivity index (χ2v) is 4.84. The minimum Gasteiger partial charge on any atom is -0.367 e. The maximum absolute atomic E-state index is 12.2. The molecule has 2 rings (SSSR count). The molecule has 0 radical (unpaired) electrons. The third-order valence-corrected chi connectivity index (χ3v) is 3.20. The van der Waals surface area contributed by atoms with Crippen molar-refractivity contribution >= 4 is 5.91 Å². The summed E-state index contributed by atoms with van der Waals surface area (Å²) in [6.45, 7) is 2.50. The molecule has 0 bridgehead atoms. The molecule has 0 saturated carbocycles. The van der Waals surface area contributed by atoms with Crippen LogP contribution in [0.1, 0.15) is 23.1 Å². The molecule has 1 N–H and O–H groups in total. The summed E-state index contributed by atoms with van der Waals surface area (Å²) in [6, 6.07) is 15.4. The number of nitrogens with one attached hydrogen (secondary N) is 1. The molecular weight excluding hydrogens is 264 g/mol. The van der Waals surface area contributed by atoms with Crippen molar-refractivity contribution in [2.24, 2.45) is 0 Å². The fourth-order valence-electron chi connectivity index (χ4n) is 2.17. The first-order valence-corrected chi connectivity index (χ1v) is 6.98. The highest BCUT2D eigenvalue weighted by atomic mass is 16.5. The fourth-order valence-corrected chi connectivity index (χ4v) is 2.17. The van der Waals surface area contributed by atoms with Crippen LogP contribution in [0.2, 0.25) is 0 Å². The number of amides is 1. The van der Waals surface area contributed by atoms with Gasteiger partial charge in [0.2, 0.25) is 0 Å². The Morgan fingerprint density at radius 2 is 1.95 bits per heavy atom. The summed E-state index contributed by atoms with van der Waals surface area (Å²) in [7, 11) is 1.54. The van der Waals surface area contributed by atoms with E-state index < -0.39 is 6.10 Å². The first-order valence-electron chi connectivity index (χ1n) is 6.98. The summed E-state index contributed by atoms with van der Waals surface area (Å²) < 4.78 is 5.29. The number of ether oxygens (including phenoxy) is 1. The lowest BCUT2D eigenvalue weighted by Crippen LogP contribution is -2.32. The van der Waals surface area contributed by atoms with Crippen LogP contribution in [0.3, 0.4) is 0 Å². The third kappa shape index (κ3) is 4.39. The summed E-state index contributed by atoms with van der Waals surface area (Å²) in [5.74, 6) is -0.128. The van der Waals surface area contributed by atoms with E-state index in [0.717, 1.165) is 17.0 Å². The van der Waals surface area contributed by atoms with E-state index in [1.165, 1.54) is 0 Å². The molecule has 0 aliphatic heterocycles. The molecule has 4 heteroatoms. The number of methoxy groups -OCH3 is 1. The summed E-state index contributed by atoms with van der Waals surface area (Å²) in [6.07, 6.45) is 0.134. The second-order valence-electron chi connectivity index (χ2n) is 4.84. The molecule has 1 aromatic heterocycles. The predicted octanol–water partition coefficient (Wildman–Crippen LogP) is 2.44. The van der Waals surface area contributed by atoms with E-state index in [-0.39, 0.29) is 5.91 Å². The van der Waals surface area contributed by atoms with E-state index in [0.29, 0.717) is 13.0 Å². The number of aromatic nitrogens is 1. The largest absolute Gasteiger partial charge is 0.367 e. The molecule has 1 aromatic carbocycles. The van der Waals surface area contributed by atoms with Crippen LogP contribution >= 0.6 is 0 Å². The topological polar surface area (TPSA) is 51.2 Å².